The van der Waals surface area contributed by atoms with Gasteiger partial charge in [-0.3, -0.25) is 0 Å². The largest absolute Gasteiger partial charge is 0.497 e. The molecule has 0 spiro atoms. The summed E-state index contributed by atoms with van der Waals surface area (Å²) in [5, 5.41) is 3.74. The monoisotopic (exact) mass is 447 g/mol. The van der Waals surface area contributed by atoms with E-state index in [1.54, 1.807) is 50.1 Å². The van der Waals surface area contributed by atoms with E-state index in [2.05, 4.69) is 15.1 Å². The van der Waals surface area contributed by atoms with Gasteiger partial charge in [0.2, 0.25) is 10.0 Å². The molecule has 164 valence electrons. The van der Waals surface area contributed by atoms with Gasteiger partial charge in [0.15, 0.2) is 17.4 Å². The summed E-state index contributed by atoms with van der Waals surface area (Å²) >= 11 is 0. The number of ether oxygens (including phenoxy) is 1. The van der Waals surface area contributed by atoms with E-state index in [4.69, 9.17) is 9.26 Å². The highest BCUT2D eigenvalue weighted by atomic mass is 32.2. The van der Waals surface area contributed by atoms with Crippen LogP contribution in [0.15, 0.2) is 40.0 Å². The number of hydrogen-bond donors (Lipinski definition) is 0. The van der Waals surface area contributed by atoms with Crippen LogP contribution in [0, 0.1) is 19.7 Å². The first-order valence-electron chi connectivity index (χ1n) is 9.66. The minimum absolute atomic E-state index is 0.0935. The average molecular weight is 447 g/mol. The molecule has 4 rings (SSSR count). The maximum atomic E-state index is 15.2. The van der Waals surface area contributed by atoms with E-state index in [1.807, 2.05) is 0 Å². The number of methoxy groups -OCH3 is 1. The lowest BCUT2D eigenvalue weighted by Gasteiger charge is -2.34. The Labute approximate surface area is 179 Å². The van der Waals surface area contributed by atoms with Gasteiger partial charge in [0.05, 0.1) is 7.11 Å². The SMILES string of the molecule is COc1ccc(-c2ncnc(N3CCN(S(=O)(=O)c4c(C)noc4C)CC3)c2F)cc1. The molecule has 0 radical (unpaired) electrons. The van der Waals surface area contributed by atoms with Crippen molar-refractivity contribution >= 4 is 15.8 Å². The third kappa shape index (κ3) is 3.86. The first kappa shape index (κ1) is 21.2. The Morgan fingerprint density at radius 2 is 1.74 bits per heavy atom. The Morgan fingerprint density at radius 3 is 2.32 bits per heavy atom. The fourth-order valence-electron chi connectivity index (χ4n) is 3.64. The molecule has 0 atom stereocenters. The molecule has 31 heavy (non-hydrogen) atoms. The van der Waals surface area contributed by atoms with Gasteiger partial charge < -0.3 is 14.2 Å². The normalized spacial score (nSPS) is 15.3. The lowest BCUT2D eigenvalue weighted by Crippen LogP contribution is -2.49. The van der Waals surface area contributed by atoms with Gasteiger partial charge >= 0.3 is 0 Å². The standard InChI is InChI=1S/C20H22FN5O4S/c1-13-19(14(2)30-24-13)31(27,28)26-10-8-25(9-11-26)20-17(21)18(22-12-23-20)15-4-6-16(29-3)7-5-15/h4-7,12H,8-11H2,1-3H3. The quantitative estimate of drug-likeness (QED) is 0.588. The number of rotatable bonds is 5. The van der Waals surface area contributed by atoms with E-state index in [-0.39, 0.29) is 35.3 Å². The number of nitrogens with zero attached hydrogens (tertiary/aromatic N) is 5. The molecule has 0 N–H and O–H groups in total. The van der Waals surface area contributed by atoms with Crippen molar-refractivity contribution < 1.29 is 22.1 Å². The molecule has 3 heterocycles. The van der Waals surface area contributed by atoms with Crippen molar-refractivity contribution in [1.29, 1.82) is 0 Å². The molecule has 0 unspecified atom stereocenters. The summed E-state index contributed by atoms with van der Waals surface area (Å²) in [5.74, 6) is 0.518. The van der Waals surface area contributed by atoms with Crippen LogP contribution >= 0.6 is 0 Å². The third-order valence-corrected chi connectivity index (χ3v) is 7.38. The van der Waals surface area contributed by atoms with Crippen LogP contribution < -0.4 is 9.64 Å². The van der Waals surface area contributed by atoms with Crippen molar-refractivity contribution in [3.63, 3.8) is 0 Å². The number of benzene rings is 1. The van der Waals surface area contributed by atoms with Gasteiger partial charge in [-0.25, -0.2) is 22.8 Å². The van der Waals surface area contributed by atoms with Crippen LogP contribution in [-0.4, -0.2) is 61.1 Å². The van der Waals surface area contributed by atoms with E-state index < -0.39 is 15.8 Å². The predicted molar refractivity (Wildman–Crippen MR) is 111 cm³/mol. The van der Waals surface area contributed by atoms with Crippen molar-refractivity contribution in [3.05, 3.63) is 47.9 Å². The molecule has 1 saturated heterocycles. The molecule has 11 heteroatoms. The molecular formula is C20H22FN5O4S. The van der Waals surface area contributed by atoms with Crippen LogP contribution in [0.1, 0.15) is 11.5 Å². The average Bonchev–Trinajstić information content (AvgIpc) is 3.13. The van der Waals surface area contributed by atoms with E-state index in [9.17, 15) is 8.42 Å². The lowest BCUT2D eigenvalue weighted by atomic mass is 10.1. The van der Waals surface area contributed by atoms with Crippen LogP contribution in [0.5, 0.6) is 5.75 Å². The summed E-state index contributed by atoms with van der Waals surface area (Å²) in [6.45, 7) is 4.12. The van der Waals surface area contributed by atoms with Crippen molar-refractivity contribution in [1.82, 2.24) is 19.4 Å². The number of sulfonamides is 1. The Kier molecular flexibility index (Phi) is 5.63. The molecule has 1 aromatic carbocycles. The molecule has 3 aromatic rings. The molecule has 9 nitrogen and oxygen atoms in total. The molecule has 0 bridgehead atoms. The van der Waals surface area contributed by atoms with Crippen LogP contribution in [0.25, 0.3) is 11.3 Å². The molecular weight excluding hydrogens is 425 g/mol. The maximum Gasteiger partial charge on any atom is 0.248 e. The van der Waals surface area contributed by atoms with Crippen molar-refractivity contribution in [2.75, 3.05) is 38.2 Å². The predicted octanol–water partition coefficient (Wildman–Crippen LogP) is 2.41. The zero-order valence-electron chi connectivity index (χ0n) is 17.4. The van der Waals surface area contributed by atoms with Gasteiger partial charge in [0.25, 0.3) is 0 Å². The Morgan fingerprint density at radius 1 is 1.06 bits per heavy atom. The van der Waals surface area contributed by atoms with Gasteiger partial charge in [0.1, 0.15) is 28.4 Å². The van der Waals surface area contributed by atoms with E-state index in [0.29, 0.717) is 30.1 Å². The number of aryl methyl sites for hydroxylation is 2. The van der Waals surface area contributed by atoms with Gasteiger partial charge in [-0.05, 0) is 38.1 Å². The number of aromatic nitrogens is 3. The van der Waals surface area contributed by atoms with Crippen LogP contribution in [0.3, 0.4) is 0 Å². The minimum atomic E-state index is -3.74. The smallest absolute Gasteiger partial charge is 0.248 e. The fraction of sp³-hybridized carbons (Fsp3) is 0.350. The maximum absolute atomic E-state index is 15.2. The van der Waals surface area contributed by atoms with Crippen molar-refractivity contribution in [2.45, 2.75) is 18.7 Å². The van der Waals surface area contributed by atoms with Crippen molar-refractivity contribution in [2.24, 2.45) is 0 Å². The minimum Gasteiger partial charge on any atom is -0.497 e. The summed E-state index contributed by atoms with van der Waals surface area (Å²) in [6.07, 6.45) is 1.31. The molecule has 0 saturated carbocycles. The number of hydrogen-bond acceptors (Lipinski definition) is 8. The highest BCUT2D eigenvalue weighted by Crippen LogP contribution is 2.29. The first-order chi connectivity index (χ1) is 14.8. The van der Waals surface area contributed by atoms with Crippen LogP contribution in [0.2, 0.25) is 0 Å². The Bertz CT molecular complexity index is 1170. The summed E-state index contributed by atoms with van der Waals surface area (Å²) in [4.78, 5) is 10.0. The second-order valence-corrected chi connectivity index (χ2v) is 9.01. The lowest BCUT2D eigenvalue weighted by molar-refractivity contribution is 0.376. The number of anilines is 1. The molecule has 1 fully saturated rings. The van der Waals surface area contributed by atoms with Crippen LogP contribution in [0.4, 0.5) is 10.2 Å². The second kappa shape index (κ2) is 8.23. The van der Waals surface area contributed by atoms with Crippen molar-refractivity contribution in [3.8, 4) is 17.0 Å². The summed E-state index contributed by atoms with van der Waals surface area (Å²) in [5.41, 5.74) is 1.10. The number of piperazine rings is 1. The molecule has 0 aliphatic carbocycles. The molecule has 1 aliphatic heterocycles. The topological polar surface area (TPSA) is 102 Å². The Hall–Kier alpha value is -3.05. The Balaban J connectivity index is 1.54. The first-order valence-corrected chi connectivity index (χ1v) is 11.1. The van der Waals surface area contributed by atoms with Gasteiger partial charge in [0, 0.05) is 31.7 Å². The summed E-state index contributed by atoms with van der Waals surface area (Å²) in [6, 6.07) is 6.91. The fourth-order valence-corrected chi connectivity index (χ4v) is 5.36. The van der Waals surface area contributed by atoms with E-state index in [0.717, 1.165) is 0 Å². The summed E-state index contributed by atoms with van der Waals surface area (Å²) in [7, 11) is -2.18. The molecule has 0 amide bonds. The zero-order chi connectivity index (χ0) is 22.2. The van der Waals surface area contributed by atoms with Gasteiger partial charge in [-0.2, -0.15) is 4.31 Å². The van der Waals surface area contributed by atoms with Crippen LogP contribution in [-0.2, 0) is 10.0 Å². The van der Waals surface area contributed by atoms with E-state index in [1.165, 1.54) is 10.6 Å². The highest BCUT2D eigenvalue weighted by molar-refractivity contribution is 7.89. The zero-order valence-corrected chi connectivity index (χ0v) is 18.2. The van der Waals surface area contributed by atoms with Gasteiger partial charge in [-0.1, -0.05) is 5.16 Å². The van der Waals surface area contributed by atoms with E-state index >= 15 is 4.39 Å². The molecule has 1 aliphatic rings. The van der Waals surface area contributed by atoms with Gasteiger partial charge in [-0.15, -0.1) is 0 Å². The third-order valence-electron chi connectivity index (χ3n) is 5.24. The second-order valence-electron chi connectivity index (χ2n) is 7.13. The summed E-state index contributed by atoms with van der Waals surface area (Å²) < 4.78 is 52.7. The highest BCUT2D eigenvalue weighted by Gasteiger charge is 2.34. The molecule has 2 aromatic heterocycles. The number of halogens is 1.